The van der Waals surface area contributed by atoms with E-state index in [0.29, 0.717) is 17.3 Å². The number of halogens is 1. The van der Waals surface area contributed by atoms with Gasteiger partial charge in [-0.25, -0.2) is 9.37 Å². The third-order valence-corrected chi connectivity index (χ3v) is 2.80. The van der Waals surface area contributed by atoms with Gasteiger partial charge >= 0.3 is 0 Å². The van der Waals surface area contributed by atoms with Crippen LogP contribution in [0.2, 0.25) is 0 Å². The van der Waals surface area contributed by atoms with Gasteiger partial charge in [0.05, 0.1) is 6.20 Å². The van der Waals surface area contributed by atoms with Gasteiger partial charge in [0.25, 0.3) is 0 Å². The van der Waals surface area contributed by atoms with E-state index in [1.807, 2.05) is 0 Å². The van der Waals surface area contributed by atoms with Gasteiger partial charge in [0.2, 0.25) is 5.88 Å². The van der Waals surface area contributed by atoms with Crippen LogP contribution < -0.4 is 15.8 Å². The molecule has 0 amide bonds. The normalized spacial score (nSPS) is 10.2. The van der Waals surface area contributed by atoms with Gasteiger partial charge in [0.1, 0.15) is 23.6 Å². The van der Waals surface area contributed by atoms with Crippen molar-refractivity contribution in [2.24, 2.45) is 0 Å². The lowest BCUT2D eigenvalue weighted by molar-refractivity contribution is 0.462. The van der Waals surface area contributed by atoms with Gasteiger partial charge in [0.15, 0.2) is 5.82 Å². The maximum Gasteiger partial charge on any atom is 0.248 e. The van der Waals surface area contributed by atoms with Crippen molar-refractivity contribution in [3.05, 3.63) is 60.9 Å². The molecule has 0 bridgehead atoms. The minimum atomic E-state index is -0.318. The molecule has 7 heteroatoms. The van der Waals surface area contributed by atoms with Crippen LogP contribution in [-0.4, -0.2) is 15.0 Å². The Bertz CT molecular complexity index is 765. The van der Waals surface area contributed by atoms with Gasteiger partial charge in [-0.15, -0.1) is 0 Å². The smallest absolute Gasteiger partial charge is 0.248 e. The van der Waals surface area contributed by atoms with Crippen LogP contribution in [0.3, 0.4) is 0 Å². The second kappa shape index (κ2) is 6.04. The molecule has 0 saturated heterocycles. The largest absolute Gasteiger partial charge is 0.435 e. The molecular weight excluding hydrogens is 285 g/mol. The summed E-state index contributed by atoms with van der Waals surface area (Å²) in [6, 6.07) is 9.32. The van der Waals surface area contributed by atoms with Crippen molar-refractivity contribution in [2.75, 3.05) is 11.1 Å². The monoisotopic (exact) mass is 297 g/mol. The number of anilines is 3. The first-order chi connectivity index (χ1) is 10.7. The summed E-state index contributed by atoms with van der Waals surface area (Å²) in [5, 5.41) is 2.99. The van der Waals surface area contributed by atoms with Gasteiger partial charge in [-0.05, 0) is 36.4 Å². The van der Waals surface area contributed by atoms with E-state index in [1.165, 1.54) is 18.5 Å². The van der Waals surface area contributed by atoms with Gasteiger partial charge in [0, 0.05) is 11.9 Å². The average Bonchev–Trinajstić information content (AvgIpc) is 2.54. The molecule has 3 N–H and O–H groups in total. The van der Waals surface area contributed by atoms with E-state index in [0.717, 1.165) is 0 Å². The Morgan fingerprint density at radius 3 is 2.64 bits per heavy atom. The van der Waals surface area contributed by atoms with Gasteiger partial charge in [-0.1, -0.05) is 0 Å². The number of nitrogen functional groups attached to an aromatic ring is 1. The van der Waals surface area contributed by atoms with Crippen LogP contribution >= 0.6 is 0 Å². The Kier molecular flexibility index (Phi) is 3.78. The fraction of sp³-hybridized carbons (Fsp3) is 0. The maximum atomic E-state index is 12.9. The van der Waals surface area contributed by atoms with Crippen LogP contribution in [0.1, 0.15) is 0 Å². The summed E-state index contributed by atoms with van der Waals surface area (Å²) in [7, 11) is 0. The topological polar surface area (TPSA) is 86.0 Å². The molecule has 3 rings (SSSR count). The molecule has 0 atom stereocenters. The summed E-state index contributed by atoms with van der Waals surface area (Å²) in [5.41, 5.74) is 6.90. The molecule has 0 fully saturated rings. The Morgan fingerprint density at radius 2 is 1.91 bits per heavy atom. The number of nitrogens with one attached hydrogen (secondary N) is 1. The molecule has 0 radical (unpaired) electrons. The van der Waals surface area contributed by atoms with Crippen LogP contribution in [-0.2, 0) is 0 Å². The van der Waals surface area contributed by atoms with E-state index in [-0.39, 0.29) is 17.4 Å². The van der Waals surface area contributed by atoms with Gasteiger partial charge in [-0.2, -0.15) is 4.98 Å². The van der Waals surface area contributed by atoms with Gasteiger partial charge < -0.3 is 15.8 Å². The number of ether oxygens (including phenoxy) is 1. The molecule has 0 aliphatic heterocycles. The molecule has 2 heterocycles. The Morgan fingerprint density at radius 1 is 1.09 bits per heavy atom. The van der Waals surface area contributed by atoms with Crippen LogP contribution in [0, 0.1) is 5.82 Å². The summed E-state index contributed by atoms with van der Waals surface area (Å²) in [5.74, 6) is 0.788. The summed E-state index contributed by atoms with van der Waals surface area (Å²) < 4.78 is 18.5. The van der Waals surface area contributed by atoms with E-state index in [4.69, 9.17) is 10.5 Å². The second-order valence-corrected chi connectivity index (χ2v) is 4.36. The highest BCUT2D eigenvalue weighted by Gasteiger charge is 2.10. The molecule has 110 valence electrons. The Labute approximate surface area is 125 Å². The number of rotatable bonds is 4. The van der Waals surface area contributed by atoms with Crippen molar-refractivity contribution < 1.29 is 9.13 Å². The number of nitrogens with zero attached hydrogens (tertiary/aromatic N) is 3. The zero-order valence-corrected chi connectivity index (χ0v) is 11.4. The molecule has 0 spiro atoms. The predicted molar refractivity (Wildman–Crippen MR) is 80.4 cm³/mol. The standard InChI is InChI=1S/C15H12FN5O/c16-10-3-5-11(6-4-10)21-14-13(17)15(20-9-19-14)22-12-2-1-7-18-8-12/h1-9H,17H2,(H,19,20,21). The molecule has 1 aromatic carbocycles. The first-order valence-corrected chi connectivity index (χ1v) is 6.43. The molecule has 2 aromatic heterocycles. The summed E-state index contributed by atoms with van der Waals surface area (Å²) in [6.45, 7) is 0. The molecule has 3 aromatic rings. The SMILES string of the molecule is Nc1c(Nc2ccc(F)cc2)ncnc1Oc1cccnc1. The van der Waals surface area contributed by atoms with Crippen molar-refractivity contribution in [2.45, 2.75) is 0 Å². The van der Waals surface area contributed by atoms with E-state index in [9.17, 15) is 4.39 Å². The lowest BCUT2D eigenvalue weighted by atomic mass is 10.3. The fourth-order valence-electron chi connectivity index (χ4n) is 1.75. The fourth-order valence-corrected chi connectivity index (χ4v) is 1.75. The number of aromatic nitrogens is 3. The van der Waals surface area contributed by atoms with Crippen molar-refractivity contribution in [1.82, 2.24) is 15.0 Å². The summed E-state index contributed by atoms with van der Waals surface area (Å²) in [4.78, 5) is 12.0. The molecule has 6 nitrogen and oxygen atoms in total. The second-order valence-electron chi connectivity index (χ2n) is 4.36. The molecule has 0 aliphatic rings. The van der Waals surface area contributed by atoms with Crippen LogP contribution in [0.15, 0.2) is 55.1 Å². The lowest BCUT2D eigenvalue weighted by Crippen LogP contribution is -2.03. The van der Waals surface area contributed by atoms with Crippen molar-refractivity contribution >= 4 is 17.2 Å². The molecule has 0 aliphatic carbocycles. The molecular formula is C15H12FN5O. The minimum Gasteiger partial charge on any atom is -0.435 e. The minimum absolute atomic E-state index is 0.215. The van der Waals surface area contributed by atoms with Crippen molar-refractivity contribution in [3.63, 3.8) is 0 Å². The number of pyridine rings is 1. The average molecular weight is 297 g/mol. The van der Waals surface area contributed by atoms with E-state index in [2.05, 4.69) is 20.3 Å². The highest BCUT2D eigenvalue weighted by molar-refractivity contribution is 5.72. The third kappa shape index (κ3) is 3.09. The van der Waals surface area contributed by atoms with Gasteiger partial charge in [-0.3, -0.25) is 4.98 Å². The zero-order valence-electron chi connectivity index (χ0n) is 11.4. The Balaban J connectivity index is 1.84. The molecule has 0 saturated carbocycles. The quantitative estimate of drug-likeness (QED) is 0.769. The van der Waals surface area contributed by atoms with Crippen LogP contribution in [0.4, 0.5) is 21.6 Å². The van der Waals surface area contributed by atoms with Crippen LogP contribution in [0.25, 0.3) is 0 Å². The first kappa shape index (κ1) is 13.7. The summed E-state index contributed by atoms with van der Waals surface area (Å²) >= 11 is 0. The number of benzene rings is 1. The third-order valence-electron chi connectivity index (χ3n) is 2.80. The maximum absolute atomic E-state index is 12.9. The van der Waals surface area contributed by atoms with Crippen molar-refractivity contribution in [3.8, 4) is 11.6 Å². The molecule has 0 unspecified atom stereocenters. The van der Waals surface area contributed by atoms with Crippen molar-refractivity contribution in [1.29, 1.82) is 0 Å². The van der Waals surface area contributed by atoms with Crippen LogP contribution in [0.5, 0.6) is 11.6 Å². The zero-order chi connectivity index (χ0) is 15.4. The number of nitrogens with two attached hydrogens (primary N) is 1. The van der Waals surface area contributed by atoms with E-state index in [1.54, 1.807) is 36.7 Å². The van der Waals surface area contributed by atoms with E-state index >= 15 is 0 Å². The molecule has 22 heavy (non-hydrogen) atoms. The number of hydrogen-bond acceptors (Lipinski definition) is 6. The predicted octanol–water partition coefficient (Wildman–Crippen LogP) is 3.13. The lowest BCUT2D eigenvalue weighted by Gasteiger charge is -2.11. The summed E-state index contributed by atoms with van der Waals surface area (Å²) in [6.07, 6.45) is 4.51. The highest BCUT2D eigenvalue weighted by atomic mass is 19.1. The number of hydrogen-bond donors (Lipinski definition) is 2. The first-order valence-electron chi connectivity index (χ1n) is 6.43. The highest BCUT2D eigenvalue weighted by Crippen LogP contribution is 2.30. The van der Waals surface area contributed by atoms with E-state index < -0.39 is 0 Å². The Hall–Kier alpha value is -3.22.